The summed E-state index contributed by atoms with van der Waals surface area (Å²) in [7, 11) is 0. The van der Waals surface area contributed by atoms with Crippen molar-refractivity contribution in [1.29, 1.82) is 0 Å². The van der Waals surface area contributed by atoms with Gasteiger partial charge in [0.1, 0.15) is 0 Å². The van der Waals surface area contributed by atoms with Crippen LogP contribution in [0.5, 0.6) is 0 Å². The third-order valence-corrected chi connectivity index (χ3v) is 3.85. The van der Waals surface area contributed by atoms with Crippen LogP contribution in [0.25, 0.3) is 0 Å². The van der Waals surface area contributed by atoms with Crippen molar-refractivity contribution in [3.8, 4) is 0 Å². The molecule has 0 atom stereocenters. The van der Waals surface area contributed by atoms with Gasteiger partial charge in [-0.05, 0) is 63.2 Å². The highest BCUT2D eigenvalue weighted by molar-refractivity contribution is 4.87. The van der Waals surface area contributed by atoms with Gasteiger partial charge in [-0.25, -0.2) is 0 Å². The summed E-state index contributed by atoms with van der Waals surface area (Å²) in [5.74, 6) is 2.71. The van der Waals surface area contributed by atoms with Crippen molar-refractivity contribution in [2.45, 2.75) is 106 Å². The topological polar surface area (TPSA) is 9.23 Å². The van der Waals surface area contributed by atoms with Crippen LogP contribution < -0.4 is 0 Å². The molecular formula is C20H42O. The molecule has 21 heavy (non-hydrogen) atoms. The summed E-state index contributed by atoms with van der Waals surface area (Å²) in [6.07, 6.45) is 4.60. The quantitative estimate of drug-likeness (QED) is 0.436. The first-order valence-corrected chi connectivity index (χ1v) is 9.07. The minimum atomic E-state index is 0.000856. The second-order valence-corrected chi connectivity index (χ2v) is 9.39. The fourth-order valence-electron chi connectivity index (χ4n) is 4.38. The molecule has 128 valence electrons. The number of rotatable bonds is 10. The normalized spacial score (nSPS) is 14.0. The highest BCUT2D eigenvalue weighted by Crippen LogP contribution is 2.38. The first kappa shape index (κ1) is 21.0. The van der Waals surface area contributed by atoms with Crippen LogP contribution in [0.2, 0.25) is 0 Å². The van der Waals surface area contributed by atoms with E-state index < -0.39 is 0 Å². The number of ether oxygens (including phenoxy) is 1. The Kier molecular flexibility index (Phi) is 8.54. The molecule has 0 aliphatic heterocycles. The summed E-state index contributed by atoms with van der Waals surface area (Å²) in [4.78, 5) is 0. The molecule has 0 spiro atoms. The van der Waals surface area contributed by atoms with E-state index in [1.54, 1.807) is 0 Å². The van der Waals surface area contributed by atoms with Crippen molar-refractivity contribution in [2.75, 3.05) is 0 Å². The van der Waals surface area contributed by atoms with Gasteiger partial charge in [0.25, 0.3) is 0 Å². The van der Waals surface area contributed by atoms with Crippen molar-refractivity contribution in [3.05, 3.63) is 0 Å². The maximum atomic E-state index is 6.87. The van der Waals surface area contributed by atoms with Crippen LogP contribution in [0.4, 0.5) is 0 Å². The Bertz CT molecular complexity index is 228. The Morgan fingerprint density at radius 3 is 0.857 bits per heavy atom. The molecule has 0 radical (unpaired) electrons. The molecule has 0 aromatic rings. The molecule has 0 aliphatic carbocycles. The van der Waals surface area contributed by atoms with Crippen molar-refractivity contribution in [1.82, 2.24) is 0 Å². The molecular weight excluding hydrogens is 256 g/mol. The molecule has 0 aromatic carbocycles. The minimum Gasteiger partial charge on any atom is -0.369 e. The molecule has 0 saturated carbocycles. The standard InChI is InChI=1S/C20H42O/c1-15(2)11-19(9,12-16(3)4)21-20(10,13-17(5)6)14-18(7)8/h15-18H,11-14H2,1-10H3. The smallest absolute Gasteiger partial charge is 0.0666 e. The van der Waals surface area contributed by atoms with Gasteiger partial charge in [-0.1, -0.05) is 55.4 Å². The second kappa shape index (κ2) is 8.56. The zero-order valence-electron chi connectivity index (χ0n) is 16.5. The average Bonchev–Trinajstić information content (AvgIpc) is 2.07. The van der Waals surface area contributed by atoms with Gasteiger partial charge < -0.3 is 4.74 Å². The largest absolute Gasteiger partial charge is 0.369 e. The lowest BCUT2D eigenvalue weighted by Gasteiger charge is -2.44. The Hall–Kier alpha value is -0.0400. The third-order valence-electron chi connectivity index (χ3n) is 3.85. The van der Waals surface area contributed by atoms with Crippen LogP contribution in [-0.2, 0) is 4.74 Å². The summed E-state index contributed by atoms with van der Waals surface area (Å²) in [5.41, 5.74) is 0.00171. The summed E-state index contributed by atoms with van der Waals surface area (Å²) < 4.78 is 6.87. The molecule has 0 unspecified atom stereocenters. The van der Waals surface area contributed by atoms with E-state index in [9.17, 15) is 0 Å². The van der Waals surface area contributed by atoms with Crippen LogP contribution in [0, 0.1) is 23.7 Å². The van der Waals surface area contributed by atoms with Crippen LogP contribution in [0.1, 0.15) is 94.9 Å². The third kappa shape index (κ3) is 9.55. The van der Waals surface area contributed by atoms with E-state index in [0.717, 1.165) is 25.7 Å². The van der Waals surface area contributed by atoms with Gasteiger partial charge in [-0.2, -0.15) is 0 Å². The zero-order chi connectivity index (χ0) is 16.8. The van der Waals surface area contributed by atoms with Crippen molar-refractivity contribution >= 4 is 0 Å². The maximum Gasteiger partial charge on any atom is 0.0666 e. The fraction of sp³-hybridized carbons (Fsp3) is 1.00. The Labute approximate surface area is 135 Å². The predicted molar refractivity (Wildman–Crippen MR) is 95.7 cm³/mol. The predicted octanol–water partition coefficient (Wildman–Crippen LogP) is 6.70. The maximum absolute atomic E-state index is 6.87. The van der Waals surface area contributed by atoms with Gasteiger partial charge in [0.15, 0.2) is 0 Å². The van der Waals surface area contributed by atoms with E-state index in [1.165, 1.54) is 0 Å². The van der Waals surface area contributed by atoms with Gasteiger partial charge in [0.05, 0.1) is 11.2 Å². The van der Waals surface area contributed by atoms with Gasteiger partial charge in [0, 0.05) is 0 Å². The summed E-state index contributed by atoms with van der Waals surface area (Å²) in [5, 5.41) is 0. The molecule has 0 aliphatic rings. The molecule has 0 aromatic heterocycles. The number of hydrogen-bond donors (Lipinski definition) is 0. The van der Waals surface area contributed by atoms with E-state index in [2.05, 4.69) is 69.2 Å². The first-order chi connectivity index (χ1) is 9.37. The van der Waals surface area contributed by atoms with E-state index in [4.69, 9.17) is 4.74 Å². The molecule has 1 heteroatoms. The van der Waals surface area contributed by atoms with Gasteiger partial charge in [0.2, 0.25) is 0 Å². The highest BCUT2D eigenvalue weighted by atomic mass is 16.5. The zero-order valence-corrected chi connectivity index (χ0v) is 16.5. The molecule has 0 fully saturated rings. The Balaban J connectivity index is 5.18. The Morgan fingerprint density at radius 1 is 0.524 bits per heavy atom. The fourth-order valence-corrected chi connectivity index (χ4v) is 4.38. The first-order valence-electron chi connectivity index (χ1n) is 9.07. The van der Waals surface area contributed by atoms with E-state index in [0.29, 0.717) is 23.7 Å². The minimum absolute atomic E-state index is 0.000856. The van der Waals surface area contributed by atoms with E-state index in [-0.39, 0.29) is 11.2 Å². The van der Waals surface area contributed by atoms with Gasteiger partial charge in [-0.3, -0.25) is 0 Å². The van der Waals surface area contributed by atoms with E-state index >= 15 is 0 Å². The van der Waals surface area contributed by atoms with Gasteiger partial charge in [-0.15, -0.1) is 0 Å². The lowest BCUT2D eigenvalue weighted by molar-refractivity contribution is -0.170. The van der Waals surface area contributed by atoms with Crippen molar-refractivity contribution in [3.63, 3.8) is 0 Å². The van der Waals surface area contributed by atoms with Crippen LogP contribution in [-0.4, -0.2) is 11.2 Å². The second-order valence-electron chi connectivity index (χ2n) is 9.39. The molecule has 0 rings (SSSR count). The molecule has 0 N–H and O–H groups in total. The van der Waals surface area contributed by atoms with Crippen LogP contribution >= 0.6 is 0 Å². The molecule has 0 amide bonds. The molecule has 0 bridgehead atoms. The lowest BCUT2D eigenvalue weighted by Crippen LogP contribution is -2.44. The molecule has 1 nitrogen and oxygen atoms in total. The molecule has 0 saturated heterocycles. The highest BCUT2D eigenvalue weighted by Gasteiger charge is 2.37. The lowest BCUT2D eigenvalue weighted by atomic mass is 9.82. The van der Waals surface area contributed by atoms with E-state index in [1.807, 2.05) is 0 Å². The van der Waals surface area contributed by atoms with Crippen molar-refractivity contribution < 1.29 is 4.74 Å². The summed E-state index contributed by atoms with van der Waals surface area (Å²) in [6.45, 7) is 23.2. The molecule has 0 heterocycles. The van der Waals surface area contributed by atoms with Crippen LogP contribution in [0.15, 0.2) is 0 Å². The number of hydrogen-bond acceptors (Lipinski definition) is 1. The van der Waals surface area contributed by atoms with Crippen molar-refractivity contribution in [2.24, 2.45) is 23.7 Å². The Morgan fingerprint density at radius 2 is 0.714 bits per heavy atom. The summed E-state index contributed by atoms with van der Waals surface area (Å²) in [6, 6.07) is 0. The SMILES string of the molecule is CC(C)CC(C)(CC(C)C)OC(C)(CC(C)C)CC(C)C. The average molecular weight is 299 g/mol. The summed E-state index contributed by atoms with van der Waals surface area (Å²) >= 11 is 0. The monoisotopic (exact) mass is 298 g/mol. The van der Waals surface area contributed by atoms with Gasteiger partial charge >= 0.3 is 0 Å². The van der Waals surface area contributed by atoms with Crippen LogP contribution in [0.3, 0.4) is 0 Å².